The van der Waals surface area contributed by atoms with Crippen LogP contribution in [0.2, 0.25) is 0 Å². The molecule has 8 heteroatoms. The van der Waals surface area contributed by atoms with Crippen LogP contribution in [0.1, 0.15) is 20.7 Å². The highest BCUT2D eigenvalue weighted by atomic mass is 19.1. The average Bonchev–Trinajstić information content (AvgIpc) is 2.72. The van der Waals surface area contributed by atoms with E-state index >= 15 is 0 Å². The Kier molecular flexibility index (Phi) is 5.88. The Labute approximate surface area is 161 Å². The Hall–Kier alpha value is -3.42. The molecule has 146 valence electrons. The molecule has 2 N–H and O–H groups in total. The van der Waals surface area contributed by atoms with E-state index in [1.54, 1.807) is 34.1 Å². The van der Waals surface area contributed by atoms with Gasteiger partial charge in [-0.1, -0.05) is 12.1 Å². The molecule has 0 bridgehead atoms. The van der Waals surface area contributed by atoms with Crippen molar-refractivity contribution in [3.8, 4) is 5.75 Å². The highest BCUT2D eigenvalue weighted by molar-refractivity contribution is 5.98. The Morgan fingerprint density at radius 2 is 1.46 bits per heavy atom. The van der Waals surface area contributed by atoms with Crippen LogP contribution in [0.3, 0.4) is 0 Å². The predicted octanol–water partition coefficient (Wildman–Crippen LogP) is 1.29. The number of halogens is 1. The van der Waals surface area contributed by atoms with Gasteiger partial charge in [0.1, 0.15) is 11.6 Å². The Balaban J connectivity index is 1.63. The molecular weight excluding hydrogens is 365 g/mol. The first kappa shape index (κ1) is 19.3. The van der Waals surface area contributed by atoms with E-state index in [1.165, 1.54) is 24.3 Å². The Morgan fingerprint density at radius 1 is 0.893 bits per heavy atom. The number of carbonyl (C=O) groups is 3. The van der Waals surface area contributed by atoms with Crippen molar-refractivity contribution in [3.05, 3.63) is 65.5 Å². The van der Waals surface area contributed by atoms with E-state index in [9.17, 15) is 18.8 Å². The average molecular weight is 385 g/mol. The second-order valence-corrected chi connectivity index (χ2v) is 6.34. The third kappa shape index (κ3) is 4.46. The summed E-state index contributed by atoms with van der Waals surface area (Å²) in [7, 11) is 0. The summed E-state index contributed by atoms with van der Waals surface area (Å²) in [6.07, 6.45) is 0. The van der Waals surface area contributed by atoms with Gasteiger partial charge in [0.25, 0.3) is 17.7 Å². The molecule has 1 saturated heterocycles. The van der Waals surface area contributed by atoms with Gasteiger partial charge < -0.3 is 20.3 Å². The maximum Gasteiger partial charge on any atom is 0.257 e. The summed E-state index contributed by atoms with van der Waals surface area (Å²) < 4.78 is 18.3. The lowest BCUT2D eigenvalue weighted by Crippen LogP contribution is -2.50. The molecular formula is C20H20FN3O4. The van der Waals surface area contributed by atoms with E-state index in [0.29, 0.717) is 37.3 Å². The van der Waals surface area contributed by atoms with Crippen LogP contribution in [0.25, 0.3) is 0 Å². The molecule has 7 nitrogen and oxygen atoms in total. The van der Waals surface area contributed by atoms with Gasteiger partial charge >= 0.3 is 0 Å². The lowest BCUT2D eigenvalue weighted by atomic mass is 10.1. The summed E-state index contributed by atoms with van der Waals surface area (Å²) in [6.45, 7) is 1.13. The van der Waals surface area contributed by atoms with Crippen molar-refractivity contribution >= 4 is 17.7 Å². The van der Waals surface area contributed by atoms with Crippen LogP contribution in [-0.2, 0) is 4.79 Å². The van der Waals surface area contributed by atoms with Gasteiger partial charge in [0, 0.05) is 31.7 Å². The van der Waals surface area contributed by atoms with Crippen LogP contribution in [0.5, 0.6) is 5.75 Å². The molecule has 2 aromatic carbocycles. The molecule has 0 radical (unpaired) electrons. The SMILES string of the molecule is NC(=O)COc1ccccc1C(=O)N1CCN(C(=O)c2ccc(F)cc2)CC1. The summed E-state index contributed by atoms with van der Waals surface area (Å²) >= 11 is 0. The summed E-state index contributed by atoms with van der Waals surface area (Å²) in [4.78, 5) is 39.5. The van der Waals surface area contributed by atoms with Gasteiger partial charge in [0.2, 0.25) is 0 Å². The summed E-state index contributed by atoms with van der Waals surface area (Å²) in [5.41, 5.74) is 5.84. The van der Waals surface area contributed by atoms with Crippen LogP contribution < -0.4 is 10.5 Å². The minimum Gasteiger partial charge on any atom is -0.483 e. The van der Waals surface area contributed by atoms with Crippen molar-refractivity contribution in [2.24, 2.45) is 5.73 Å². The second-order valence-electron chi connectivity index (χ2n) is 6.34. The van der Waals surface area contributed by atoms with E-state index < -0.39 is 11.7 Å². The number of hydrogen-bond acceptors (Lipinski definition) is 4. The van der Waals surface area contributed by atoms with Crippen molar-refractivity contribution < 1.29 is 23.5 Å². The summed E-state index contributed by atoms with van der Waals surface area (Å²) in [5.74, 6) is -1.18. The number of amides is 3. The van der Waals surface area contributed by atoms with Crippen LogP contribution in [0.4, 0.5) is 4.39 Å². The molecule has 1 fully saturated rings. The first-order valence-corrected chi connectivity index (χ1v) is 8.80. The second kappa shape index (κ2) is 8.51. The lowest BCUT2D eigenvalue weighted by Gasteiger charge is -2.35. The molecule has 0 atom stereocenters. The zero-order valence-corrected chi connectivity index (χ0v) is 15.1. The van der Waals surface area contributed by atoms with E-state index in [4.69, 9.17) is 10.5 Å². The smallest absolute Gasteiger partial charge is 0.257 e. The third-order valence-electron chi connectivity index (χ3n) is 4.43. The minimum absolute atomic E-state index is 0.197. The molecule has 28 heavy (non-hydrogen) atoms. The van der Waals surface area contributed by atoms with Crippen LogP contribution in [0, 0.1) is 5.82 Å². The summed E-state index contributed by atoms with van der Waals surface area (Å²) in [5, 5.41) is 0. The third-order valence-corrected chi connectivity index (χ3v) is 4.43. The van der Waals surface area contributed by atoms with Crippen molar-refractivity contribution in [2.45, 2.75) is 0 Å². The normalized spacial score (nSPS) is 13.9. The lowest BCUT2D eigenvalue weighted by molar-refractivity contribution is -0.119. The van der Waals surface area contributed by atoms with E-state index in [2.05, 4.69) is 0 Å². The first-order chi connectivity index (χ1) is 13.5. The van der Waals surface area contributed by atoms with Crippen LogP contribution >= 0.6 is 0 Å². The highest BCUT2D eigenvalue weighted by Crippen LogP contribution is 2.21. The molecule has 3 rings (SSSR count). The largest absolute Gasteiger partial charge is 0.483 e. The number of benzene rings is 2. The number of piperazine rings is 1. The number of carbonyl (C=O) groups excluding carboxylic acids is 3. The molecule has 0 saturated carbocycles. The highest BCUT2D eigenvalue weighted by Gasteiger charge is 2.27. The van der Waals surface area contributed by atoms with Gasteiger partial charge in [-0.15, -0.1) is 0 Å². The Bertz CT molecular complexity index is 877. The number of nitrogens with two attached hydrogens (primary N) is 1. The van der Waals surface area contributed by atoms with Gasteiger partial charge in [-0.25, -0.2) is 4.39 Å². The van der Waals surface area contributed by atoms with E-state index in [1.807, 2.05) is 0 Å². The van der Waals surface area contributed by atoms with Gasteiger partial charge in [-0.3, -0.25) is 14.4 Å². The standard InChI is InChI=1S/C20H20FN3O4/c21-15-7-5-14(6-8-15)19(26)23-9-11-24(12-10-23)20(27)16-3-1-2-4-17(16)28-13-18(22)25/h1-8H,9-13H2,(H2,22,25). The molecule has 2 aromatic rings. The number of rotatable bonds is 5. The van der Waals surface area contributed by atoms with Gasteiger partial charge in [-0.05, 0) is 36.4 Å². The van der Waals surface area contributed by atoms with Gasteiger partial charge in [0.05, 0.1) is 5.56 Å². The number of hydrogen-bond donors (Lipinski definition) is 1. The van der Waals surface area contributed by atoms with Gasteiger partial charge in [-0.2, -0.15) is 0 Å². The maximum atomic E-state index is 13.0. The molecule has 0 unspecified atom stereocenters. The molecule has 1 heterocycles. The van der Waals surface area contributed by atoms with Crippen molar-refractivity contribution in [2.75, 3.05) is 32.8 Å². The van der Waals surface area contributed by atoms with Crippen molar-refractivity contribution in [3.63, 3.8) is 0 Å². The molecule has 0 aliphatic carbocycles. The minimum atomic E-state index is -0.629. The van der Waals surface area contributed by atoms with E-state index in [0.717, 1.165) is 0 Å². The monoisotopic (exact) mass is 385 g/mol. The zero-order chi connectivity index (χ0) is 20.1. The summed E-state index contributed by atoms with van der Waals surface area (Å²) in [6, 6.07) is 12.0. The quantitative estimate of drug-likeness (QED) is 0.839. The molecule has 0 aromatic heterocycles. The topological polar surface area (TPSA) is 92.9 Å². The maximum absolute atomic E-state index is 13.0. The Morgan fingerprint density at radius 3 is 2.07 bits per heavy atom. The fourth-order valence-electron chi connectivity index (χ4n) is 2.98. The van der Waals surface area contributed by atoms with Crippen LogP contribution in [0.15, 0.2) is 48.5 Å². The number of ether oxygens (including phenoxy) is 1. The number of primary amides is 1. The predicted molar refractivity (Wildman–Crippen MR) is 99.3 cm³/mol. The molecule has 1 aliphatic rings. The van der Waals surface area contributed by atoms with E-state index in [-0.39, 0.29) is 24.2 Å². The van der Waals surface area contributed by atoms with Crippen molar-refractivity contribution in [1.29, 1.82) is 0 Å². The van der Waals surface area contributed by atoms with Crippen LogP contribution in [-0.4, -0.2) is 60.3 Å². The van der Waals surface area contributed by atoms with Gasteiger partial charge in [0.15, 0.2) is 6.61 Å². The molecule has 3 amide bonds. The zero-order valence-electron chi connectivity index (χ0n) is 15.1. The number of para-hydroxylation sites is 1. The number of nitrogens with zero attached hydrogens (tertiary/aromatic N) is 2. The molecule has 1 aliphatic heterocycles. The first-order valence-electron chi connectivity index (χ1n) is 8.80. The van der Waals surface area contributed by atoms with Crippen molar-refractivity contribution in [1.82, 2.24) is 9.80 Å². The fraction of sp³-hybridized carbons (Fsp3) is 0.250. The molecule has 0 spiro atoms. The fourth-order valence-corrected chi connectivity index (χ4v) is 2.98.